The van der Waals surface area contributed by atoms with Gasteiger partial charge in [0.25, 0.3) is 0 Å². The molecule has 1 aromatic rings. The molecule has 1 rings (SSSR count). The van der Waals surface area contributed by atoms with Crippen LogP contribution in [0, 0.1) is 6.92 Å². The summed E-state index contributed by atoms with van der Waals surface area (Å²) >= 11 is 0. The summed E-state index contributed by atoms with van der Waals surface area (Å²) in [6, 6.07) is 4.08. The number of benzene rings is 1. The first-order chi connectivity index (χ1) is 7.39. The van der Waals surface area contributed by atoms with Gasteiger partial charge in [0.05, 0.1) is 14.2 Å². The number of hydrogen-bond donors (Lipinski definition) is 1. The van der Waals surface area contributed by atoms with Crippen molar-refractivity contribution in [2.45, 2.75) is 32.7 Å². The summed E-state index contributed by atoms with van der Waals surface area (Å²) in [7, 11) is 3.31. The standard InChI is InChI=1S/C13H21NO2/c1-9-6-7-10(8-13(2,3)14)12(16-5)11(9)15-4/h6-7H,8,14H2,1-5H3. The Bertz CT molecular complexity index is 367. The molecule has 2 N–H and O–H groups in total. The topological polar surface area (TPSA) is 44.5 Å². The summed E-state index contributed by atoms with van der Waals surface area (Å²) in [5, 5.41) is 0. The molecular weight excluding hydrogens is 202 g/mol. The van der Waals surface area contributed by atoms with E-state index in [1.165, 1.54) is 0 Å². The maximum atomic E-state index is 6.02. The largest absolute Gasteiger partial charge is 0.493 e. The first-order valence-electron chi connectivity index (χ1n) is 5.38. The maximum Gasteiger partial charge on any atom is 0.164 e. The quantitative estimate of drug-likeness (QED) is 0.851. The van der Waals surface area contributed by atoms with Crippen molar-refractivity contribution in [1.82, 2.24) is 0 Å². The van der Waals surface area contributed by atoms with Gasteiger partial charge in [0.2, 0.25) is 0 Å². The van der Waals surface area contributed by atoms with Crippen LogP contribution in [0.25, 0.3) is 0 Å². The van der Waals surface area contributed by atoms with Crippen LogP contribution in [0.1, 0.15) is 25.0 Å². The molecule has 3 heteroatoms. The highest BCUT2D eigenvalue weighted by Gasteiger charge is 2.18. The third kappa shape index (κ3) is 2.89. The number of ether oxygens (including phenoxy) is 2. The first kappa shape index (κ1) is 12.8. The zero-order valence-corrected chi connectivity index (χ0v) is 10.8. The Balaban J connectivity index is 3.19. The number of rotatable bonds is 4. The van der Waals surface area contributed by atoms with E-state index in [9.17, 15) is 0 Å². The summed E-state index contributed by atoms with van der Waals surface area (Å²) in [6.45, 7) is 6.00. The van der Waals surface area contributed by atoms with Crippen molar-refractivity contribution in [3.05, 3.63) is 23.3 Å². The summed E-state index contributed by atoms with van der Waals surface area (Å²) in [4.78, 5) is 0. The third-order valence-corrected chi connectivity index (χ3v) is 2.44. The Labute approximate surface area is 97.6 Å². The molecular formula is C13H21NO2. The molecule has 0 unspecified atom stereocenters. The fourth-order valence-electron chi connectivity index (χ4n) is 1.81. The van der Waals surface area contributed by atoms with Crippen LogP contribution < -0.4 is 15.2 Å². The molecule has 1 aromatic carbocycles. The normalized spacial score (nSPS) is 11.4. The van der Waals surface area contributed by atoms with Gasteiger partial charge in [0.1, 0.15) is 0 Å². The van der Waals surface area contributed by atoms with Gasteiger partial charge in [-0.05, 0) is 38.3 Å². The highest BCUT2D eigenvalue weighted by atomic mass is 16.5. The first-order valence-corrected chi connectivity index (χ1v) is 5.38. The SMILES string of the molecule is COc1c(C)ccc(CC(C)(C)N)c1OC. The van der Waals surface area contributed by atoms with Gasteiger partial charge in [-0.25, -0.2) is 0 Å². The van der Waals surface area contributed by atoms with Gasteiger partial charge < -0.3 is 15.2 Å². The van der Waals surface area contributed by atoms with Crippen molar-refractivity contribution in [3.8, 4) is 11.5 Å². The molecule has 0 bridgehead atoms. The molecule has 16 heavy (non-hydrogen) atoms. The Hall–Kier alpha value is -1.22. The fourth-order valence-corrected chi connectivity index (χ4v) is 1.81. The van der Waals surface area contributed by atoms with Crippen molar-refractivity contribution in [3.63, 3.8) is 0 Å². The van der Waals surface area contributed by atoms with Gasteiger partial charge in [-0.2, -0.15) is 0 Å². The van der Waals surface area contributed by atoms with E-state index in [0.29, 0.717) is 0 Å². The molecule has 3 nitrogen and oxygen atoms in total. The third-order valence-electron chi connectivity index (χ3n) is 2.44. The van der Waals surface area contributed by atoms with E-state index in [-0.39, 0.29) is 5.54 Å². The molecule has 90 valence electrons. The lowest BCUT2D eigenvalue weighted by Crippen LogP contribution is -2.34. The van der Waals surface area contributed by atoms with E-state index in [1.807, 2.05) is 32.9 Å². The minimum atomic E-state index is -0.256. The predicted octanol–water partition coefficient (Wildman–Crippen LogP) is 2.29. The predicted molar refractivity (Wildman–Crippen MR) is 66.3 cm³/mol. The molecule has 0 spiro atoms. The average molecular weight is 223 g/mol. The molecule has 0 aliphatic rings. The van der Waals surface area contributed by atoms with Crippen LogP contribution in [0.15, 0.2) is 12.1 Å². The van der Waals surface area contributed by atoms with E-state index in [0.717, 1.165) is 29.0 Å². The second kappa shape index (κ2) is 4.74. The Morgan fingerprint density at radius 1 is 1.12 bits per heavy atom. The summed E-state index contributed by atoms with van der Waals surface area (Å²) < 4.78 is 10.8. The number of methoxy groups -OCH3 is 2. The zero-order chi connectivity index (χ0) is 12.3. The van der Waals surface area contributed by atoms with Crippen molar-refractivity contribution < 1.29 is 9.47 Å². The van der Waals surface area contributed by atoms with E-state index in [4.69, 9.17) is 15.2 Å². The molecule has 0 aliphatic carbocycles. The van der Waals surface area contributed by atoms with Crippen LogP contribution in [-0.4, -0.2) is 19.8 Å². The Kier molecular flexibility index (Phi) is 3.81. The van der Waals surface area contributed by atoms with Gasteiger partial charge in [-0.3, -0.25) is 0 Å². The second-order valence-electron chi connectivity index (χ2n) is 4.77. The smallest absolute Gasteiger partial charge is 0.164 e. The van der Waals surface area contributed by atoms with Gasteiger partial charge in [-0.15, -0.1) is 0 Å². The highest BCUT2D eigenvalue weighted by Crippen LogP contribution is 2.35. The van der Waals surface area contributed by atoms with Crippen LogP contribution >= 0.6 is 0 Å². The second-order valence-corrected chi connectivity index (χ2v) is 4.77. The molecule has 0 atom stereocenters. The average Bonchev–Trinajstić information content (AvgIpc) is 2.18. The van der Waals surface area contributed by atoms with E-state index < -0.39 is 0 Å². The van der Waals surface area contributed by atoms with Gasteiger partial charge in [0, 0.05) is 5.54 Å². The molecule has 0 aromatic heterocycles. The monoisotopic (exact) mass is 223 g/mol. The number of hydrogen-bond acceptors (Lipinski definition) is 3. The van der Waals surface area contributed by atoms with E-state index in [2.05, 4.69) is 0 Å². The van der Waals surface area contributed by atoms with Crippen molar-refractivity contribution in [2.24, 2.45) is 5.73 Å². The van der Waals surface area contributed by atoms with Crippen LogP contribution in [-0.2, 0) is 6.42 Å². The maximum absolute atomic E-state index is 6.02. The van der Waals surface area contributed by atoms with Gasteiger partial charge >= 0.3 is 0 Å². The lowest BCUT2D eigenvalue weighted by molar-refractivity contribution is 0.346. The van der Waals surface area contributed by atoms with Crippen molar-refractivity contribution in [2.75, 3.05) is 14.2 Å². The van der Waals surface area contributed by atoms with Crippen LogP contribution in [0.3, 0.4) is 0 Å². The Morgan fingerprint density at radius 3 is 2.12 bits per heavy atom. The molecule has 0 aliphatic heterocycles. The minimum absolute atomic E-state index is 0.256. The molecule has 0 radical (unpaired) electrons. The minimum Gasteiger partial charge on any atom is -0.493 e. The summed E-state index contributed by atoms with van der Waals surface area (Å²) in [5.41, 5.74) is 7.92. The van der Waals surface area contributed by atoms with Crippen LogP contribution in [0.2, 0.25) is 0 Å². The van der Waals surface area contributed by atoms with Gasteiger partial charge in [0.15, 0.2) is 11.5 Å². The van der Waals surface area contributed by atoms with E-state index >= 15 is 0 Å². The number of aryl methyl sites for hydroxylation is 1. The molecule has 0 amide bonds. The zero-order valence-electron chi connectivity index (χ0n) is 10.8. The van der Waals surface area contributed by atoms with Gasteiger partial charge in [-0.1, -0.05) is 12.1 Å². The molecule has 0 heterocycles. The Morgan fingerprint density at radius 2 is 1.69 bits per heavy atom. The fraction of sp³-hybridized carbons (Fsp3) is 0.538. The molecule has 0 saturated carbocycles. The molecule has 0 fully saturated rings. The summed E-state index contributed by atoms with van der Waals surface area (Å²) in [6.07, 6.45) is 0.757. The summed E-state index contributed by atoms with van der Waals surface area (Å²) in [5.74, 6) is 1.59. The molecule has 0 saturated heterocycles. The lowest BCUT2D eigenvalue weighted by atomic mass is 9.94. The van der Waals surface area contributed by atoms with Crippen LogP contribution in [0.5, 0.6) is 11.5 Å². The van der Waals surface area contributed by atoms with E-state index in [1.54, 1.807) is 14.2 Å². The highest BCUT2D eigenvalue weighted by molar-refractivity contribution is 5.51. The van der Waals surface area contributed by atoms with Crippen LogP contribution in [0.4, 0.5) is 0 Å². The van der Waals surface area contributed by atoms with Crippen molar-refractivity contribution >= 4 is 0 Å². The lowest BCUT2D eigenvalue weighted by Gasteiger charge is -2.21. The number of nitrogens with two attached hydrogens (primary N) is 1. The van der Waals surface area contributed by atoms with Crippen molar-refractivity contribution in [1.29, 1.82) is 0 Å².